The van der Waals surface area contributed by atoms with Gasteiger partial charge in [0.15, 0.2) is 0 Å². The summed E-state index contributed by atoms with van der Waals surface area (Å²) in [4.78, 5) is 6.83. The lowest BCUT2D eigenvalue weighted by atomic mass is 10.00. The first-order chi connectivity index (χ1) is 6.68. The first-order valence-electron chi connectivity index (χ1n) is 5.01. The van der Waals surface area contributed by atoms with Gasteiger partial charge in [-0.1, -0.05) is 0 Å². The van der Waals surface area contributed by atoms with Crippen molar-refractivity contribution in [3.05, 3.63) is 16.6 Å². The van der Waals surface area contributed by atoms with E-state index in [1.54, 1.807) is 11.3 Å². The Morgan fingerprint density at radius 3 is 3.14 bits per heavy atom. The molecule has 0 unspecified atom stereocenters. The highest BCUT2D eigenvalue weighted by Crippen LogP contribution is 2.19. The average Bonchev–Trinajstić information content (AvgIpc) is 2.61. The summed E-state index contributed by atoms with van der Waals surface area (Å²) < 4.78 is 0. The van der Waals surface area contributed by atoms with E-state index in [0.29, 0.717) is 0 Å². The van der Waals surface area contributed by atoms with Crippen molar-refractivity contribution in [2.45, 2.75) is 25.9 Å². The molecule has 4 heteroatoms. The normalized spacial score (nSPS) is 22.4. The van der Waals surface area contributed by atoms with Crippen molar-refractivity contribution in [1.29, 1.82) is 0 Å². The van der Waals surface area contributed by atoms with Crippen molar-refractivity contribution in [1.82, 2.24) is 15.2 Å². The van der Waals surface area contributed by atoms with Crippen LogP contribution in [-0.2, 0) is 6.54 Å². The fourth-order valence-corrected chi connectivity index (χ4v) is 2.38. The second kappa shape index (κ2) is 3.96. The molecular formula is C10H17N3S. The first kappa shape index (κ1) is 10.1. The summed E-state index contributed by atoms with van der Waals surface area (Å²) in [6.07, 6.45) is 0. The molecule has 1 N–H and O–H groups in total. The van der Waals surface area contributed by atoms with Crippen LogP contribution in [0.5, 0.6) is 0 Å². The Hall–Kier alpha value is -0.450. The standard InChI is InChI=1S/C10H17N3S/c1-10(2)7-11-3-4-13(10)5-9-6-14-8-12-9/h6,8,11H,3-5,7H2,1-2H3. The highest BCUT2D eigenvalue weighted by Gasteiger charge is 2.29. The summed E-state index contributed by atoms with van der Waals surface area (Å²) in [6.45, 7) is 8.82. The molecule has 2 rings (SSSR count). The predicted molar refractivity (Wildman–Crippen MR) is 59.5 cm³/mol. The van der Waals surface area contributed by atoms with E-state index in [4.69, 9.17) is 0 Å². The zero-order chi connectivity index (χ0) is 10.0. The summed E-state index contributed by atoms with van der Waals surface area (Å²) in [5, 5.41) is 5.56. The smallest absolute Gasteiger partial charge is 0.0795 e. The second-order valence-electron chi connectivity index (χ2n) is 4.39. The molecule has 78 valence electrons. The Morgan fingerprint density at radius 2 is 2.50 bits per heavy atom. The minimum atomic E-state index is 0.252. The molecule has 3 nitrogen and oxygen atoms in total. The Balaban J connectivity index is 2.02. The van der Waals surface area contributed by atoms with Gasteiger partial charge in [0, 0.05) is 37.1 Å². The number of thiazole rings is 1. The molecule has 0 radical (unpaired) electrons. The monoisotopic (exact) mass is 211 g/mol. The molecule has 0 atom stereocenters. The molecule has 0 saturated carbocycles. The Morgan fingerprint density at radius 1 is 1.64 bits per heavy atom. The highest BCUT2D eigenvalue weighted by molar-refractivity contribution is 7.07. The van der Waals surface area contributed by atoms with Crippen LogP contribution in [0, 0.1) is 0 Å². The maximum Gasteiger partial charge on any atom is 0.0795 e. The molecule has 1 aromatic rings. The van der Waals surface area contributed by atoms with Gasteiger partial charge < -0.3 is 5.32 Å². The van der Waals surface area contributed by atoms with E-state index in [-0.39, 0.29) is 5.54 Å². The van der Waals surface area contributed by atoms with Gasteiger partial charge in [-0.2, -0.15) is 0 Å². The Kier molecular flexibility index (Phi) is 2.85. The van der Waals surface area contributed by atoms with Crippen molar-refractivity contribution in [2.24, 2.45) is 0 Å². The van der Waals surface area contributed by atoms with E-state index >= 15 is 0 Å². The molecule has 1 saturated heterocycles. The van der Waals surface area contributed by atoms with Gasteiger partial charge in [0.25, 0.3) is 0 Å². The molecular weight excluding hydrogens is 194 g/mol. The van der Waals surface area contributed by atoms with Gasteiger partial charge in [0.2, 0.25) is 0 Å². The molecule has 0 aliphatic carbocycles. The van der Waals surface area contributed by atoms with Crippen LogP contribution in [0.15, 0.2) is 10.9 Å². The van der Waals surface area contributed by atoms with Crippen LogP contribution in [0.1, 0.15) is 19.5 Å². The number of aromatic nitrogens is 1. The summed E-state index contributed by atoms with van der Waals surface area (Å²) in [5.74, 6) is 0. The van der Waals surface area contributed by atoms with Crippen molar-refractivity contribution in [2.75, 3.05) is 19.6 Å². The van der Waals surface area contributed by atoms with E-state index in [0.717, 1.165) is 26.2 Å². The Labute approximate surface area is 89.1 Å². The number of hydrogen-bond donors (Lipinski definition) is 1. The molecule has 0 amide bonds. The van der Waals surface area contributed by atoms with E-state index in [1.165, 1.54) is 5.69 Å². The number of hydrogen-bond acceptors (Lipinski definition) is 4. The quantitative estimate of drug-likeness (QED) is 0.800. The van der Waals surface area contributed by atoms with Gasteiger partial charge in [0.1, 0.15) is 0 Å². The van der Waals surface area contributed by atoms with Crippen molar-refractivity contribution in [3.63, 3.8) is 0 Å². The SMILES string of the molecule is CC1(C)CNCCN1Cc1cscn1. The summed E-state index contributed by atoms with van der Waals surface area (Å²) >= 11 is 1.67. The fraction of sp³-hybridized carbons (Fsp3) is 0.700. The number of piperazine rings is 1. The topological polar surface area (TPSA) is 28.2 Å². The zero-order valence-electron chi connectivity index (χ0n) is 8.79. The van der Waals surface area contributed by atoms with Crippen molar-refractivity contribution in [3.8, 4) is 0 Å². The van der Waals surface area contributed by atoms with Crippen LogP contribution in [0.3, 0.4) is 0 Å². The lowest BCUT2D eigenvalue weighted by Crippen LogP contribution is -2.57. The number of nitrogens with one attached hydrogen (secondary N) is 1. The van der Waals surface area contributed by atoms with E-state index in [1.807, 2.05) is 5.51 Å². The molecule has 1 aliphatic heterocycles. The number of rotatable bonds is 2. The third-order valence-electron chi connectivity index (χ3n) is 2.81. The van der Waals surface area contributed by atoms with Crippen LogP contribution in [0.2, 0.25) is 0 Å². The fourth-order valence-electron chi connectivity index (χ4n) is 1.83. The third kappa shape index (κ3) is 2.13. The van der Waals surface area contributed by atoms with Gasteiger partial charge in [-0.15, -0.1) is 11.3 Å². The van der Waals surface area contributed by atoms with Gasteiger partial charge in [-0.05, 0) is 13.8 Å². The summed E-state index contributed by atoms with van der Waals surface area (Å²) in [6, 6.07) is 0. The molecule has 0 spiro atoms. The molecule has 0 aromatic carbocycles. The van der Waals surface area contributed by atoms with Crippen LogP contribution in [0.4, 0.5) is 0 Å². The minimum Gasteiger partial charge on any atom is -0.314 e. The second-order valence-corrected chi connectivity index (χ2v) is 5.11. The molecule has 1 aromatic heterocycles. The molecule has 0 bridgehead atoms. The van der Waals surface area contributed by atoms with E-state index < -0.39 is 0 Å². The van der Waals surface area contributed by atoms with Crippen LogP contribution < -0.4 is 5.32 Å². The van der Waals surface area contributed by atoms with Crippen LogP contribution >= 0.6 is 11.3 Å². The van der Waals surface area contributed by atoms with E-state index in [2.05, 4.69) is 34.4 Å². The molecule has 1 aliphatic rings. The Bertz CT molecular complexity index is 282. The first-order valence-corrected chi connectivity index (χ1v) is 5.95. The van der Waals surface area contributed by atoms with Gasteiger partial charge >= 0.3 is 0 Å². The lowest BCUT2D eigenvalue weighted by molar-refractivity contribution is 0.0816. The predicted octanol–water partition coefficient (Wildman–Crippen LogP) is 1.33. The zero-order valence-corrected chi connectivity index (χ0v) is 9.60. The molecule has 14 heavy (non-hydrogen) atoms. The molecule has 2 heterocycles. The summed E-state index contributed by atoms with van der Waals surface area (Å²) in [5.41, 5.74) is 3.36. The van der Waals surface area contributed by atoms with Gasteiger partial charge in [-0.25, -0.2) is 4.98 Å². The van der Waals surface area contributed by atoms with Crippen molar-refractivity contribution >= 4 is 11.3 Å². The van der Waals surface area contributed by atoms with Gasteiger partial charge in [0.05, 0.1) is 11.2 Å². The van der Waals surface area contributed by atoms with E-state index in [9.17, 15) is 0 Å². The number of nitrogens with zero attached hydrogens (tertiary/aromatic N) is 2. The van der Waals surface area contributed by atoms with Gasteiger partial charge in [-0.3, -0.25) is 4.90 Å². The van der Waals surface area contributed by atoms with Crippen LogP contribution in [-0.4, -0.2) is 35.1 Å². The molecule has 1 fully saturated rings. The van der Waals surface area contributed by atoms with Crippen molar-refractivity contribution < 1.29 is 0 Å². The minimum absolute atomic E-state index is 0.252. The maximum absolute atomic E-state index is 4.33. The van der Waals surface area contributed by atoms with Crippen LogP contribution in [0.25, 0.3) is 0 Å². The lowest BCUT2D eigenvalue weighted by Gasteiger charge is -2.42. The maximum atomic E-state index is 4.33. The third-order valence-corrected chi connectivity index (χ3v) is 3.44. The summed E-state index contributed by atoms with van der Waals surface area (Å²) in [7, 11) is 0. The largest absolute Gasteiger partial charge is 0.314 e. The highest BCUT2D eigenvalue weighted by atomic mass is 32.1. The average molecular weight is 211 g/mol.